The Morgan fingerprint density at radius 1 is 1.44 bits per heavy atom. The second-order valence-electron chi connectivity index (χ2n) is 5.41. The standard InChI is InChI=1S/C16H24F2N4O2.HI/c1-2-19-16(20-8-10-23)21-12-7-9-22(11-12)13-5-3-4-6-14(13)24-15(17)18;/h3-6,12,15,23H,2,7-11H2,1H3,(H2,19,20,21);1H. The number of nitrogens with zero attached hydrogens (tertiary/aromatic N) is 2. The third-order valence-corrected chi connectivity index (χ3v) is 3.67. The number of guanidine groups is 1. The molecule has 0 aliphatic carbocycles. The van der Waals surface area contributed by atoms with E-state index in [2.05, 4.69) is 20.4 Å². The Morgan fingerprint density at radius 2 is 2.20 bits per heavy atom. The number of halogens is 3. The average molecular weight is 470 g/mol. The molecule has 0 aromatic heterocycles. The van der Waals surface area contributed by atoms with E-state index >= 15 is 0 Å². The molecule has 25 heavy (non-hydrogen) atoms. The second kappa shape index (κ2) is 11.3. The average Bonchev–Trinajstić information content (AvgIpc) is 3.01. The Bertz CT molecular complexity index is 549. The van der Waals surface area contributed by atoms with Crippen molar-refractivity contribution in [3.8, 4) is 5.75 Å². The van der Waals surface area contributed by atoms with Gasteiger partial charge in [-0.1, -0.05) is 12.1 Å². The smallest absolute Gasteiger partial charge is 0.387 e. The van der Waals surface area contributed by atoms with E-state index < -0.39 is 6.61 Å². The van der Waals surface area contributed by atoms with Crippen LogP contribution in [0.25, 0.3) is 0 Å². The van der Waals surface area contributed by atoms with E-state index in [4.69, 9.17) is 5.11 Å². The Labute approximate surface area is 163 Å². The second-order valence-corrected chi connectivity index (χ2v) is 5.41. The zero-order valence-corrected chi connectivity index (χ0v) is 16.5. The lowest BCUT2D eigenvalue weighted by atomic mass is 10.2. The van der Waals surface area contributed by atoms with Gasteiger partial charge in [-0.05, 0) is 25.5 Å². The molecule has 9 heteroatoms. The van der Waals surface area contributed by atoms with Gasteiger partial charge in [-0.2, -0.15) is 8.78 Å². The van der Waals surface area contributed by atoms with Gasteiger partial charge in [0.15, 0.2) is 5.96 Å². The number of aliphatic hydroxyl groups excluding tert-OH is 1. The van der Waals surface area contributed by atoms with Gasteiger partial charge in [-0.15, -0.1) is 24.0 Å². The normalized spacial score (nSPS) is 17.4. The predicted octanol–water partition coefficient (Wildman–Crippen LogP) is 2.03. The number of para-hydroxylation sites is 2. The maximum Gasteiger partial charge on any atom is 0.387 e. The fourth-order valence-electron chi connectivity index (χ4n) is 2.69. The van der Waals surface area contributed by atoms with E-state index in [-0.39, 0.29) is 42.4 Å². The highest BCUT2D eigenvalue weighted by atomic mass is 127. The predicted molar refractivity (Wildman–Crippen MR) is 105 cm³/mol. The third-order valence-electron chi connectivity index (χ3n) is 3.67. The molecule has 0 spiro atoms. The van der Waals surface area contributed by atoms with Gasteiger partial charge in [-0.3, -0.25) is 4.99 Å². The van der Waals surface area contributed by atoms with Gasteiger partial charge in [0.05, 0.1) is 18.8 Å². The van der Waals surface area contributed by atoms with Crippen molar-refractivity contribution in [2.45, 2.75) is 26.0 Å². The number of aliphatic hydroxyl groups is 1. The summed E-state index contributed by atoms with van der Waals surface area (Å²) in [6.45, 7) is 1.57. The maximum atomic E-state index is 12.5. The van der Waals surface area contributed by atoms with Crippen LogP contribution in [0.4, 0.5) is 14.5 Å². The lowest BCUT2D eigenvalue weighted by Crippen LogP contribution is -2.44. The molecule has 1 saturated heterocycles. The van der Waals surface area contributed by atoms with E-state index in [0.29, 0.717) is 24.7 Å². The zero-order valence-electron chi connectivity index (χ0n) is 14.1. The van der Waals surface area contributed by atoms with Crippen LogP contribution in [0.5, 0.6) is 5.75 Å². The van der Waals surface area contributed by atoms with Crippen molar-refractivity contribution in [2.75, 3.05) is 37.7 Å². The molecule has 1 unspecified atom stereocenters. The highest BCUT2D eigenvalue weighted by Gasteiger charge is 2.25. The van der Waals surface area contributed by atoms with Crippen molar-refractivity contribution in [1.29, 1.82) is 0 Å². The minimum absolute atomic E-state index is 0. The van der Waals surface area contributed by atoms with Crippen LogP contribution in [0.2, 0.25) is 0 Å². The van der Waals surface area contributed by atoms with Gasteiger partial charge >= 0.3 is 6.61 Å². The SMILES string of the molecule is CCNC(=NCCO)NC1CCN(c2ccccc2OC(F)F)C1.I. The monoisotopic (exact) mass is 470 g/mol. The zero-order chi connectivity index (χ0) is 17.4. The summed E-state index contributed by atoms with van der Waals surface area (Å²) < 4.78 is 29.7. The molecule has 1 aliphatic heterocycles. The van der Waals surface area contributed by atoms with Gasteiger partial charge in [0.2, 0.25) is 0 Å². The van der Waals surface area contributed by atoms with E-state index in [0.717, 1.165) is 19.5 Å². The molecule has 1 heterocycles. The van der Waals surface area contributed by atoms with Crippen LogP contribution in [0.3, 0.4) is 0 Å². The number of anilines is 1. The van der Waals surface area contributed by atoms with Crippen LogP contribution in [0.15, 0.2) is 29.3 Å². The first-order chi connectivity index (χ1) is 11.6. The van der Waals surface area contributed by atoms with Crippen molar-refractivity contribution >= 4 is 35.6 Å². The molecule has 1 fully saturated rings. The highest BCUT2D eigenvalue weighted by molar-refractivity contribution is 14.0. The molecular weight excluding hydrogens is 445 g/mol. The van der Waals surface area contributed by atoms with Crippen LogP contribution in [0.1, 0.15) is 13.3 Å². The van der Waals surface area contributed by atoms with Crippen LogP contribution >= 0.6 is 24.0 Å². The van der Waals surface area contributed by atoms with Crippen LogP contribution in [-0.4, -0.2) is 56.5 Å². The number of nitrogens with one attached hydrogen (secondary N) is 2. The summed E-state index contributed by atoms with van der Waals surface area (Å²) in [5, 5.41) is 15.3. The number of hydrogen-bond acceptors (Lipinski definition) is 4. The van der Waals surface area contributed by atoms with Crippen LogP contribution in [-0.2, 0) is 0 Å². The number of alkyl halides is 2. The van der Waals surface area contributed by atoms with E-state index in [1.54, 1.807) is 24.3 Å². The summed E-state index contributed by atoms with van der Waals surface area (Å²) in [7, 11) is 0. The summed E-state index contributed by atoms with van der Waals surface area (Å²) in [6, 6.07) is 6.96. The van der Waals surface area contributed by atoms with Crippen LogP contribution < -0.4 is 20.3 Å². The van der Waals surface area contributed by atoms with Crippen molar-refractivity contribution in [1.82, 2.24) is 10.6 Å². The Morgan fingerprint density at radius 3 is 2.88 bits per heavy atom. The van der Waals surface area contributed by atoms with E-state index in [1.807, 2.05) is 11.8 Å². The minimum atomic E-state index is -2.84. The number of hydrogen-bond donors (Lipinski definition) is 3. The van der Waals surface area contributed by atoms with Gasteiger partial charge < -0.3 is 25.4 Å². The molecule has 1 aliphatic rings. The summed E-state index contributed by atoms with van der Waals surface area (Å²) in [5.41, 5.74) is 0.666. The number of rotatable bonds is 7. The largest absolute Gasteiger partial charge is 0.433 e. The first-order valence-corrected chi connectivity index (χ1v) is 8.08. The first kappa shape index (κ1) is 21.7. The van der Waals surface area contributed by atoms with Crippen LogP contribution in [0, 0.1) is 0 Å². The highest BCUT2D eigenvalue weighted by Crippen LogP contribution is 2.31. The molecule has 1 aromatic carbocycles. The molecule has 142 valence electrons. The molecule has 1 aromatic rings. The lowest BCUT2D eigenvalue weighted by Gasteiger charge is -2.22. The summed E-state index contributed by atoms with van der Waals surface area (Å²) in [4.78, 5) is 6.27. The van der Waals surface area contributed by atoms with Crippen molar-refractivity contribution < 1.29 is 18.6 Å². The molecule has 2 rings (SSSR count). The maximum absolute atomic E-state index is 12.5. The van der Waals surface area contributed by atoms with Crippen molar-refractivity contribution in [2.24, 2.45) is 4.99 Å². The van der Waals surface area contributed by atoms with Gasteiger partial charge in [0, 0.05) is 25.7 Å². The summed E-state index contributed by atoms with van der Waals surface area (Å²) >= 11 is 0. The fraction of sp³-hybridized carbons (Fsp3) is 0.562. The van der Waals surface area contributed by atoms with E-state index in [9.17, 15) is 8.78 Å². The number of aliphatic imine (C=N–C) groups is 1. The molecule has 0 bridgehead atoms. The van der Waals surface area contributed by atoms with Crippen molar-refractivity contribution in [3.05, 3.63) is 24.3 Å². The first-order valence-electron chi connectivity index (χ1n) is 8.08. The lowest BCUT2D eigenvalue weighted by molar-refractivity contribution is -0.0495. The molecule has 0 amide bonds. The van der Waals surface area contributed by atoms with E-state index in [1.165, 1.54) is 0 Å². The molecule has 0 saturated carbocycles. The van der Waals surface area contributed by atoms with Crippen molar-refractivity contribution in [3.63, 3.8) is 0 Å². The van der Waals surface area contributed by atoms with Gasteiger partial charge in [0.1, 0.15) is 5.75 Å². The fourth-order valence-corrected chi connectivity index (χ4v) is 2.69. The quantitative estimate of drug-likeness (QED) is 0.324. The Balaban J connectivity index is 0.00000312. The molecule has 6 nitrogen and oxygen atoms in total. The molecule has 3 N–H and O–H groups in total. The molecule has 1 atom stereocenters. The third kappa shape index (κ3) is 6.81. The number of ether oxygens (including phenoxy) is 1. The topological polar surface area (TPSA) is 69.1 Å². The Kier molecular flexibility index (Phi) is 9.79. The summed E-state index contributed by atoms with van der Waals surface area (Å²) in [6.07, 6.45) is 0.854. The summed E-state index contributed by atoms with van der Waals surface area (Å²) in [5.74, 6) is 0.838. The van der Waals surface area contributed by atoms with Gasteiger partial charge in [0.25, 0.3) is 0 Å². The molecule has 0 radical (unpaired) electrons. The number of benzene rings is 1. The Hall–Kier alpha value is -1.36. The minimum Gasteiger partial charge on any atom is -0.433 e. The molecular formula is C16H25F2IN4O2. The van der Waals surface area contributed by atoms with Gasteiger partial charge in [-0.25, -0.2) is 0 Å².